The number of nitrogens with two attached hydrogens (primary N) is 1. The molecule has 106 valence electrons. The molecular weight excluding hydrogens is 256 g/mol. The zero-order valence-electron chi connectivity index (χ0n) is 11.5. The van der Waals surface area contributed by atoms with Crippen molar-refractivity contribution in [3.05, 3.63) is 47.8 Å². The summed E-state index contributed by atoms with van der Waals surface area (Å²) in [5.74, 6) is -0.276. The fraction of sp³-hybridized carbons (Fsp3) is 0.286. The largest absolute Gasteiger partial charge is 0.380 e. The third-order valence-corrected chi connectivity index (χ3v) is 2.94. The minimum absolute atomic E-state index is 0.276. The van der Waals surface area contributed by atoms with Gasteiger partial charge in [-0.25, -0.2) is 0 Å². The zero-order chi connectivity index (χ0) is 14.5. The first-order valence-electron chi connectivity index (χ1n) is 6.23. The monoisotopic (exact) mass is 274 g/mol. The summed E-state index contributed by atoms with van der Waals surface area (Å²) < 4.78 is 6.72. The number of hydrogen-bond acceptors (Lipinski definition) is 4. The molecule has 0 fully saturated rings. The van der Waals surface area contributed by atoms with E-state index in [9.17, 15) is 4.79 Å². The molecule has 0 aliphatic heterocycles. The molecular formula is C14H18N4O2. The zero-order valence-corrected chi connectivity index (χ0v) is 11.5. The number of rotatable bonds is 5. The maximum Gasteiger partial charge on any atom is 0.246 e. The predicted molar refractivity (Wildman–Crippen MR) is 75.9 cm³/mol. The first kappa shape index (κ1) is 14.2. The van der Waals surface area contributed by atoms with Crippen LogP contribution in [0.5, 0.6) is 0 Å². The number of carbonyl (C=O) groups is 1. The number of benzene rings is 1. The Kier molecular flexibility index (Phi) is 4.49. The highest BCUT2D eigenvalue weighted by Gasteiger charge is 2.18. The van der Waals surface area contributed by atoms with Crippen molar-refractivity contribution in [1.82, 2.24) is 9.78 Å². The molecule has 3 N–H and O–H groups in total. The summed E-state index contributed by atoms with van der Waals surface area (Å²) in [4.78, 5) is 12.2. The van der Waals surface area contributed by atoms with E-state index in [2.05, 4.69) is 10.4 Å². The maximum atomic E-state index is 12.2. The lowest BCUT2D eigenvalue weighted by Gasteiger charge is -2.13. The molecule has 1 aromatic carbocycles. The van der Waals surface area contributed by atoms with Crippen molar-refractivity contribution in [3.8, 4) is 0 Å². The summed E-state index contributed by atoms with van der Waals surface area (Å²) in [7, 11) is 3.39. The van der Waals surface area contributed by atoms with E-state index in [1.165, 1.54) is 0 Å². The third kappa shape index (κ3) is 3.23. The van der Waals surface area contributed by atoms with Crippen LogP contribution in [0, 0.1) is 0 Å². The van der Waals surface area contributed by atoms with Crippen molar-refractivity contribution < 1.29 is 9.53 Å². The minimum atomic E-state index is -0.751. The third-order valence-electron chi connectivity index (χ3n) is 2.94. The number of ether oxygens (including phenoxy) is 1. The lowest BCUT2D eigenvalue weighted by Crippen LogP contribution is -2.27. The predicted octanol–water partition coefficient (Wildman–Crippen LogP) is 1.20. The first-order chi connectivity index (χ1) is 9.61. The normalized spacial score (nSPS) is 12.2. The second-order valence-corrected chi connectivity index (χ2v) is 4.50. The standard InChI is InChI=1S/C14H18N4O2/c1-18-8-11(7-16-18)13(15)14(19)17-12-6-4-3-5-10(12)9-20-2/h3-8,13H,9,15H2,1-2H3,(H,17,19). The highest BCUT2D eigenvalue weighted by Crippen LogP contribution is 2.18. The molecule has 0 radical (unpaired) electrons. The van der Waals surface area contributed by atoms with E-state index < -0.39 is 6.04 Å². The Morgan fingerprint density at radius 1 is 1.50 bits per heavy atom. The van der Waals surface area contributed by atoms with Gasteiger partial charge in [0.05, 0.1) is 12.8 Å². The highest BCUT2D eigenvalue weighted by molar-refractivity contribution is 5.95. The van der Waals surface area contributed by atoms with Gasteiger partial charge in [-0.15, -0.1) is 0 Å². The number of para-hydroxylation sites is 1. The molecule has 0 bridgehead atoms. The van der Waals surface area contributed by atoms with Gasteiger partial charge >= 0.3 is 0 Å². The van der Waals surface area contributed by atoms with Gasteiger partial charge in [0.25, 0.3) is 0 Å². The van der Waals surface area contributed by atoms with Crippen LogP contribution < -0.4 is 11.1 Å². The molecule has 0 aliphatic rings. The number of methoxy groups -OCH3 is 1. The summed E-state index contributed by atoms with van der Waals surface area (Å²) >= 11 is 0. The molecule has 1 unspecified atom stereocenters. The van der Waals surface area contributed by atoms with Crippen molar-refractivity contribution in [2.45, 2.75) is 12.6 Å². The molecule has 1 aromatic heterocycles. The van der Waals surface area contributed by atoms with Gasteiger partial charge < -0.3 is 15.8 Å². The lowest BCUT2D eigenvalue weighted by atomic mass is 10.1. The Morgan fingerprint density at radius 3 is 2.90 bits per heavy atom. The number of amides is 1. The first-order valence-corrected chi connectivity index (χ1v) is 6.23. The molecule has 6 heteroatoms. The summed E-state index contributed by atoms with van der Waals surface area (Å²) in [6, 6.07) is 6.71. The van der Waals surface area contributed by atoms with Gasteiger partial charge in [0.1, 0.15) is 6.04 Å². The Morgan fingerprint density at radius 2 is 2.25 bits per heavy atom. The Labute approximate surface area is 117 Å². The fourth-order valence-corrected chi connectivity index (χ4v) is 1.89. The second-order valence-electron chi connectivity index (χ2n) is 4.50. The van der Waals surface area contributed by atoms with Crippen LogP contribution in [0.15, 0.2) is 36.7 Å². The van der Waals surface area contributed by atoms with E-state index >= 15 is 0 Å². The number of nitrogens with zero attached hydrogens (tertiary/aromatic N) is 2. The van der Waals surface area contributed by atoms with Crippen LogP contribution in [0.4, 0.5) is 5.69 Å². The van der Waals surface area contributed by atoms with Gasteiger partial charge in [0.15, 0.2) is 0 Å². The van der Waals surface area contributed by atoms with Crippen molar-refractivity contribution in [3.63, 3.8) is 0 Å². The summed E-state index contributed by atoms with van der Waals surface area (Å²) in [5, 5.41) is 6.83. The Balaban J connectivity index is 2.11. The smallest absolute Gasteiger partial charge is 0.246 e. The van der Waals surface area contributed by atoms with Gasteiger partial charge in [-0.1, -0.05) is 18.2 Å². The second kappa shape index (κ2) is 6.31. The van der Waals surface area contributed by atoms with Crippen molar-refractivity contribution in [1.29, 1.82) is 0 Å². The van der Waals surface area contributed by atoms with Crippen LogP contribution in [0.2, 0.25) is 0 Å². The highest BCUT2D eigenvalue weighted by atomic mass is 16.5. The van der Waals surface area contributed by atoms with Crippen molar-refractivity contribution in [2.75, 3.05) is 12.4 Å². The van der Waals surface area contributed by atoms with Crippen LogP contribution in [0.3, 0.4) is 0 Å². The molecule has 1 heterocycles. The molecule has 2 rings (SSSR count). The van der Waals surface area contributed by atoms with Gasteiger partial charge in [-0.3, -0.25) is 9.48 Å². The average molecular weight is 274 g/mol. The maximum absolute atomic E-state index is 12.2. The number of aromatic nitrogens is 2. The molecule has 0 saturated heterocycles. The molecule has 1 atom stereocenters. The average Bonchev–Trinajstić information content (AvgIpc) is 2.87. The molecule has 2 aromatic rings. The van der Waals surface area contributed by atoms with Crippen LogP contribution in [0.25, 0.3) is 0 Å². The number of aryl methyl sites for hydroxylation is 1. The molecule has 1 amide bonds. The molecule has 6 nitrogen and oxygen atoms in total. The van der Waals surface area contributed by atoms with Crippen LogP contribution in [0.1, 0.15) is 17.2 Å². The topological polar surface area (TPSA) is 82.2 Å². The Hall–Kier alpha value is -2.18. The van der Waals surface area contributed by atoms with E-state index in [0.717, 1.165) is 5.56 Å². The lowest BCUT2D eigenvalue weighted by molar-refractivity contribution is -0.117. The van der Waals surface area contributed by atoms with E-state index in [0.29, 0.717) is 17.9 Å². The minimum Gasteiger partial charge on any atom is -0.380 e. The summed E-state index contributed by atoms with van der Waals surface area (Å²) in [6.45, 7) is 0.429. The van der Waals surface area contributed by atoms with Crippen LogP contribution in [-0.4, -0.2) is 22.8 Å². The van der Waals surface area contributed by atoms with E-state index in [1.54, 1.807) is 31.2 Å². The molecule has 0 saturated carbocycles. The number of hydrogen-bond donors (Lipinski definition) is 2. The van der Waals surface area contributed by atoms with Gasteiger partial charge in [-0.2, -0.15) is 5.10 Å². The Bertz CT molecular complexity index is 594. The SMILES string of the molecule is COCc1ccccc1NC(=O)C(N)c1cnn(C)c1. The van der Waals surface area contributed by atoms with E-state index in [4.69, 9.17) is 10.5 Å². The molecule has 0 aliphatic carbocycles. The van der Waals surface area contributed by atoms with Gasteiger partial charge in [-0.05, 0) is 6.07 Å². The summed E-state index contributed by atoms with van der Waals surface area (Å²) in [6.07, 6.45) is 3.32. The fourth-order valence-electron chi connectivity index (χ4n) is 1.89. The van der Waals surface area contributed by atoms with Gasteiger partial charge in [0.2, 0.25) is 5.91 Å². The van der Waals surface area contributed by atoms with Gasteiger partial charge in [0, 0.05) is 37.2 Å². The van der Waals surface area contributed by atoms with E-state index in [1.807, 2.05) is 24.3 Å². The van der Waals surface area contributed by atoms with Crippen molar-refractivity contribution >= 4 is 11.6 Å². The summed E-state index contributed by atoms with van der Waals surface area (Å²) in [5.41, 5.74) is 8.21. The van der Waals surface area contributed by atoms with E-state index in [-0.39, 0.29) is 5.91 Å². The quantitative estimate of drug-likeness (QED) is 0.858. The number of carbonyl (C=O) groups excluding carboxylic acids is 1. The number of anilines is 1. The van der Waals surface area contributed by atoms with Crippen LogP contribution >= 0.6 is 0 Å². The molecule has 0 spiro atoms. The van der Waals surface area contributed by atoms with Crippen molar-refractivity contribution in [2.24, 2.45) is 12.8 Å². The molecule has 20 heavy (non-hydrogen) atoms. The van der Waals surface area contributed by atoms with Crippen LogP contribution in [-0.2, 0) is 23.2 Å². The number of nitrogens with one attached hydrogen (secondary N) is 1.